The average molecular weight is 270 g/mol. The Hall–Kier alpha value is -0.610. The van der Waals surface area contributed by atoms with Gasteiger partial charge in [-0.05, 0) is 31.2 Å². The van der Waals surface area contributed by atoms with Gasteiger partial charge in [-0.1, -0.05) is 23.7 Å². The van der Waals surface area contributed by atoms with Crippen LogP contribution in [0.25, 0.3) is 0 Å². The predicted octanol–water partition coefficient (Wildman–Crippen LogP) is 2.92. The van der Waals surface area contributed by atoms with Crippen LogP contribution in [0.15, 0.2) is 24.3 Å². The molecule has 1 fully saturated rings. The molecule has 0 saturated carbocycles. The van der Waals surface area contributed by atoms with E-state index >= 15 is 0 Å². The number of hydrogen-bond donors (Lipinski definition) is 0. The van der Waals surface area contributed by atoms with Gasteiger partial charge in [0.15, 0.2) is 6.29 Å². The molecule has 100 valence electrons. The number of ether oxygens (including phenoxy) is 2. The summed E-state index contributed by atoms with van der Waals surface area (Å²) in [5.74, 6) is 0. The van der Waals surface area contributed by atoms with Crippen LogP contribution < -0.4 is 0 Å². The second-order valence-electron chi connectivity index (χ2n) is 4.68. The Kier molecular flexibility index (Phi) is 5.45. The lowest BCUT2D eigenvalue weighted by molar-refractivity contribution is -0.182. The van der Waals surface area contributed by atoms with Crippen LogP contribution in [0.2, 0.25) is 5.02 Å². The molecule has 4 heteroatoms. The summed E-state index contributed by atoms with van der Waals surface area (Å²) < 4.78 is 11.1. The van der Waals surface area contributed by atoms with E-state index in [1.54, 1.807) is 0 Å². The summed E-state index contributed by atoms with van der Waals surface area (Å²) >= 11 is 5.97. The van der Waals surface area contributed by atoms with Crippen molar-refractivity contribution in [3.05, 3.63) is 34.9 Å². The lowest BCUT2D eigenvalue weighted by atomic mass is 10.2. The molecular formula is C14H20ClNO2. The number of rotatable bonds is 5. The fraction of sp³-hybridized carbons (Fsp3) is 0.571. The Labute approximate surface area is 114 Å². The summed E-state index contributed by atoms with van der Waals surface area (Å²) in [4.78, 5) is 2.26. The zero-order valence-electron chi connectivity index (χ0n) is 10.8. The number of halogens is 1. The van der Waals surface area contributed by atoms with Gasteiger partial charge in [-0.15, -0.1) is 0 Å². The molecule has 0 amide bonds. The van der Waals surface area contributed by atoms with Crippen molar-refractivity contribution in [2.24, 2.45) is 0 Å². The maximum Gasteiger partial charge on any atom is 0.158 e. The van der Waals surface area contributed by atoms with Crippen molar-refractivity contribution in [2.75, 3.05) is 26.8 Å². The standard InChI is InChI=1S/C14H20ClNO2/c1-16(7-6-14-17-8-3-9-18-14)11-12-4-2-5-13(15)10-12/h2,4-5,10,14H,3,6-9,11H2,1H3. The van der Waals surface area contributed by atoms with Crippen LogP contribution in [0.1, 0.15) is 18.4 Å². The Balaban J connectivity index is 1.72. The van der Waals surface area contributed by atoms with Gasteiger partial charge in [-0.3, -0.25) is 0 Å². The highest BCUT2D eigenvalue weighted by Gasteiger charge is 2.14. The van der Waals surface area contributed by atoms with Gasteiger partial charge >= 0.3 is 0 Å². The molecule has 0 aromatic heterocycles. The highest BCUT2D eigenvalue weighted by Crippen LogP contribution is 2.13. The summed E-state index contributed by atoms with van der Waals surface area (Å²) in [6, 6.07) is 7.98. The molecule has 0 atom stereocenters. The van der Waals surface area contributed by atoms with Crippen molar-refractivity contribution in [1.29, 1.82) is 0 Å². The quantitative estimate of drug-likeness (QED) is 0.820. The molecule has 0 radical (unpaired) electrons. The van der Waals surface area contributed by atoms with Gasteiger partial charge in [-0.25, -0.2) is 0 Å². The van der Waals surface area contributed by atoms with E-state index in [-0.39, 0.29) is 6.29 Å². The van der Waals surface area contributed by atoms with Crippen molar-refractivity contribution in [1.82, 2.24) is 4.90 Å². The van der Waals surface area contributed by atoms with E-state index in [2.05, 4.69) is 18.0 Å². The smallest absolute Gasteiger partial charge is 0.158 e. The lowest BCUT2D eigenvalue weighted by Gasteiger charge is -2.25. The molecule has 0 bridgehead atoms. The lowest BCUT2D eigenvalue weighted by Crippen LogP contribution is -2.29. The zero-order chi connectivity index (χ0) is 12.8. The monoisotopic (exact) mass is 269 g/mol. The highest BCUT2D eigenvalue weighted by atomic mass is 35.5. The maximum atomic E-state index is 5.97. The SMILES string of the molecule is CN(CCC1OCCCO1)Cc1cccc(Cl)c1. The van der Waals surface area contributed by atoms with Crippen molar-refractivity contribution in [3.8, 4) is 0 Å². The van der Waals surface area contributed by atoms with E-state index in [1.807, 2.05) is 18.2 Å². The summed E-state index contributed by atoms with van der Waals surface area (Å²) in [7, 11) is 2.10. The Morgan fingerprint density at radius 2 is 2.11 bits per heavy atom. The first-order valence-electron chi connectivity index (χ1n) is 6.40. The van der Waals surface area contributed by atoms with Gasteiger partial charge in [0, 0.05) is 24.5 Å². The Bertz CT molecular complexity index is 367. The zero-order valence-corrected chi connectivity index (χ0v) is 11.5. The second kappa shape index (κ2) is 7.10. The number of hydrogen-bond acceptors (Lipinski definition) is 3. The van der Waals surface area contributed by atoms with Crippen molar-refractivity contribution < 1.29 is 9.47 Å². The molecule has 18 heavy (non-hydrogen) atoms. The maximum absolute atomic E-state index is 5.97. The van der Waals surface area contributed by atoms with Crippen LogP contribution in [0.5, 0.6) is 0 Å². The molecule has 1 heterocycles. The molecule has 0 N–H and O–H groups in total. The van der Waals surface area contributed by atoms with Crippen LogP contribution in [-0.2, 0) is 16.0 Å². The Morgan fingerprint density at radius 1 is 1.33 bits per heavy atom. The molecular weight excluding hydrogens is 250 g/mol. The van der Waals surface area contributed by atoms with Gasteiger partial charge in [0.2, 0.25) is 0 Å². The number of nitrogens with zero attached hydrogens (tertiary/aromatic N) is 1. The first-order valence-corrected chi connectivity index (χ1v) is 6.78. The minimum atomic E-state index is -0.0273. The van der Waals surface area contributed by atoms with Crippen LogP contribution in [0.4, 0.5) is 0 Å². The van der Waals surface area contributed by atoms with E-state index in [0.29, 0.717) is 0 Å². The molecule has 1 aliphatic heterocycles. The molecule has 1 aliphatic rings. The predicted molar refractivity (Wildman–Crippen MR) is 72.7 cm³/mol. The fourth-order valence-electron chi connectivity index (χ4n) is 2.06. The van der Waals surface area contributed by atoms with Gasteiger partial charge < -0.3 is 14.4 Å². The third-order valence-electron chi connectivity index (χ3n) is 2.98. The topological polar surface area (TPSA) is 21.7 Å². The summed E-state index contributed by atoms with van der Waals surface area (Å²) in [6.07, 6.45) is 1.90. The number of benzene rings is 1. The Morgan fingerprint density at radius 3 is 2.83 bits per heavy atom. The summed E-state index contributed by atoms with van der Waals surface area (Å²) in [5.41, 5.74) is 1.23. The molecule has 0 aliphatic carbocycles. The van der Waals surface area contributed by atoms with E-state index < -0.39 is 0 Å². The van der Waals surface area contributed by atoms with Crippen molar-refractivity contribution in [2.45, 2.75) is 25.7 Å². The van der Waals surface area contributed by atoms with E-state index in [4.69, 9.17) is 21.1 Å². The van der Waals surface area contributed by atoms with Gasteiger partial charge in [0.1, 0.15) is 0 Å². The highest BCUT2D eigenvalue weighted by molar-refractivity contribution is 6.30. The fourth-order valence-corrected chi connectivity index (χ4v) is 2.27. The van der Waals surface area contributed by atoms with E-state index in [0.717, 1.165) is 44.2 Å². The third kappa shape index (κ3) is 4.58. The first-order chi connectivity index (χ1) is 8.74. The van der Waals surface area contributed by atoms with Crippen LogP contribution in [-0.4, -0.2) is 38.0 Å². The molecule has 1 aromatic rings. The molecule has 3 nitrogen and oxygen atoms in total. The average Bonchev–Trinajstić information content (AvgIpc) is 2.38. The second-order valence-corrected chi connectivity index (χ2v) is 5.12. The molecule has 0 unspecified atom stereocenters. The van der Waals surface area contributed by atoms with Crippen LogP contribution >= 0.6 is 11.6 Å². The normalized spacial score (nSPS) is 17.3. The minimum absolute atomic E-state index is 0.0273. The van der Waals surface area contributed by atoms with Crippen LogP contribution in [0.3, 0.4) is 0 Å². The van der Waals surface area contributed by atoms with Crippen molar-refractivity contribution in [3.63, 3.8) is 0 Å². The third-order valence-corrected chi connectivity index (χ3v) is 3.22. The van der Waals surface area contributed by atoms with Gasteiger partial charge in [-0.2, -0.15) is 0 Å². The molecule has 0 spiro atoms. The first kappa shape index (κ1) is 13.8. The van der Waals surface area contributed by atoms with Gasteiger partial charge in [0.05, 0.1) is 13.2 Å². The van der Waals surface area contributed by atoms with Crippen LogP contribution in [0, 0.1) is 0 Å². The molecule has 1 aromatic carbocycles. The minimum Gasteiger partial charge on any atom is -0.353 e. The van der Waals surface area contributed by atoms with E-state index in [1.165, 1.54) is 5.56 Å². The van der Waals surface area contributed by atoms with Crippen molar-refractivity contribution >= 4 is 11.6 Å². The van der Waals surface area contributed by atoms with E-state index in [9.17, 15) is 0 Å². The molecule has 2 rings (SSSR count). The molecule has 1 saturated heterocycles. The summed E-state index contributed by atoms with van der Waals surface area (Å²) in [5, 5.41) is 0.792. The van der Waals surface area contributed by atoms with Gasteiger partial charge in [0.25, 0.3) is 0 Å². The summed E-state index contributed by atoms with van der Waals surface area (Å²) in [6.45, 7) is 3.50. The largest absolute Gasteiger partial charge is 0.353 e.